The lowest BCUT2D eigenvalue weighted by Crippen LogP contribution is -2.74. The second-order valence-electron chi connectivity index (χ2n) is 9.90. The standard InChI is InChI=1S/C25H29NO10/c1-12(27)23(31)35-16(22(29)30)11-18(28)34-15-6-7-25(32)17-10-13-4-5-14(33-3)20-19(13)24(25,21(15)36-20)8-9-26(17)2/h4-6,12,16-17,21,27,32H,7-11H2,1-3H3,(H,29,30)/t12?,16?,17-,21+,24+,25-/m1/s1. The molecule has 2 aliphatic carbocycles. The number of likely N-dealkylation sites (N-methyl/N-ethyl adjacent to an activating group) is 1. The van der Waals surface area contributed by atoms with Crippen LogP contribution >= 0.6 is 0 Å². The molecule has 0 radical (unpaired) electrons. The van der Waals surface area contributed by atoms with Gasteiger partial charge in [-0.15, -0.1) is 0 Å². The summed E-state index contributed by atoms with van der Waals surface area (Å²) in [5.74, 6) is -2.45. The Hall–Kier alpha value is -3.15. The summed E-state index contributed by atoms with van der Waals surface area (Å²) >= 11 is 0. The second-order valence-corrected chi connectivity index (χ2v) is 9.90. The van der Waals surface area contributed by atoms with Crippen LogP contribution in [-0.4, -0.2) is 88.8 Å². The number of carboxylic acids is 1. The third kappa shape index (κ3) is 3.33. The van der Waals surface area contributed by atoms with Crippen molar-refractivity contribution in [3.05, 3.63) is 35.1 Å². The summed E-state index contributed by atoms with van der Waals surface area (Å²) in [5.41, 5.74) is -0.147. The maximum absolute atomic E-state index is 12.8. The van der Waals surface area contributed by atoms with Crippen molar-refractivity contribution < 1.29 is 48.7 Å². The van der Waals surface area contributed by atoms with Gasteiger partial charge in [-0.05, 0) is 51.1 Å². The molecular weight excluding hydrogens is 474 g/mol. The number of carbonyl (C=O) groups is 3. The minimum absolute atomic E-state index is 0.171. The highest BCUT2D eigenvalue weighted by Crippen LogP contribution is 2.65. The highest BCUT2D eigenvalue weighted by Gasteiger charge is 2.72. The first-order chi connectivity index (χ1) is 17.0. The van der Waals surface area contributed by atoms with Crippen LogP contribution in [0.4, 0.5) is 0 Å². The second kappa shape index (κ2) is 8.46. The number of benzene rings is 1. The Balaban J connectivity index is 1.48. The van der Waals surface area contributed by atoms with Crippen LogP contribution in [0.1, 0.15) is 37.3 Å². The number of hydrogen-bond donors (Lipinski definition) is 3. The first-order valence-corrected chi connectivity index (χ1v) is 11.8. The van der Waals surface area contributed by atoms with Crippen molar-refractivity contribution in [2.45, 2.75) is 68.0 Å². The van der Waals surface area contributed by atoms with E-state index in [0.717, 1.165) is 18.1 Å². The van der Waals surface area contributed by atoms with Gasteiger partial charge in [-0.2, -0.15) is 0 Å². The van der Waals surface area contributed by atoms with Crippen molar-refractivity contribution in [3.63, 3.8) is 0 Å². The number of carboxylic acid groups (broad SMARTS) is 1. The highest BCUT2D eigenvalue weighted by atomic mass is 16.6. The van der Waals surface area contributed by atoms with E-state index in [1.54, 1.807) is 6.08 Å². The lowest BCUT2D eigenvalue weighted by Gasteiger charge is -2.61. The molecule has 5 rings (SSSR count). The van der Waals surface area contributed by atoms with Crippen molar-refractivity contribution in [1.29, 1.82) is 0 Å². The molecule has 11 nitrogen and oxygen atoms in total. The molecule has 0 saturated carbocycles. The molecule has 2 unspecified atom stereocenters. The van der Waals surface area contributed by atoms with Crippen LogP contribution in [0.25, 0.3) is 0 Å². The number of aliphatic hydroxyl groups is 2. The summed E-state index contributed by atoms with van der Waals surface area (Å²) in [5, 5.41) is 30.8. The third-order valence-corrected chi connectivity index (χ3v) is 8.02. The number of rotatable bonds is 7. The van der Waals surface area contributed by atoms with Gasteiger partial charge in [0.05, 0.1) is 24.5 Å². The molecule has 6 atom stereocenters. The number of methoxy groups -OCH3 is 1. The third-order valence-electron chi connectivity index (χ3n) is 8.02. The molecule has 1 aromatic carbocycles. The minimum atomic E-state index is -1.82. The molecule has 2 heterocycles. The Kier molecular flexibility index (Phi) is 5.77. The van der Waals surface area contributed by atoms with Gasteiger partial charge in [-0.25, -0.2) is 9.59 Å². The predicted molar refractivity (Wildman–Crippen MR) is 121 cm³/mol. The number of piperidine rings is 1. The zero-order valence-electron chi connectivity index (χ0n) is 20.2. The molecule has 11 heteroatoms. The van der Waals surface area contributed by atoms with E-state index in [0.29, 0.717) is 30.9 Å². The van der Waals surface area contributed by atoms with Crippen LogP contribution in [0.5, 0.6) is 11.5 Å². The number of carbonyl (C=O) groups excluding carboxylic acids is 2. The van der Waals surface area contributed by atoms with Crippen LogP contribution < -0.4 is 9.47 Å². The number of esters is 2. The molecule has 1 fully saturated rings. The summed E-state index contributed by atoms with van der Waals surface area (Å²) in [6, 6.07) is 3.63. The average molecular weight is 504 g/mol. The molecule has 36 heavy (non-hydrogen) atoms. The maximum Gasteiger partial charge on any atom is 0.345 e. The molecule has 4 aliphatic rings. The van der Waals surface area contributed by atoms with Gasteiger partial charge in [-0.3, -0.25) is 4.79 Å². The number of likely N-dealkylation sites (tertiary alicyclic amines) is 1. The molecule has 2 bridgehead atoms. The Morgan fingerprint density at radius 3 is 2.72 bits per heavy atom. The molecular formula is C25H29NO10. The van der Waals surface area contributed by atoms with Crippen LogP contribution in [-0.2, 0) is 35.7 Å². The van der Waals surface area contributed by atoms with Crippen molar-refractivity contribution in [2.75, 3.05) is 20.7 Å². The van der Waals surface area contributed by atoms with Crippen LogP contribution in [0.3, 0.4) is 0 Å². The predicted octanol–water partition coefficient (Wildman–Crippen LogP) is 0.283. The first-order valence-electron chi connectivity index (χ1n) is 11.8. The molecule has 1 spiro atoms. The fourth-order valence-electron chi connectivity index (χ4n) is 6.33. The van der Waals surface area contributed by atoms with Crippen molar-refractivity contribution in [2.24, 2.45) is 0 Å². The topological polar surface area (TPSA) is 152 Å². The quantitative estimate of drug-likeness (QED) is 0.440. The van der Waals surface area contributed by atoms with Crippen LogP contribution in [0.15, 0.2) is 24.0 Å². The van der Waals surface area contributed by atoms with E-state index in [1.165, 1.54) is 7.11 Å². The van der Waals surface area contributed by atoms with Crippen molar-refractivity contribution in [1.82, 2.24) is 4.90 Å². The van der Waals surface area contributed by atoms with Gasteiger partial charge in [0.15, 0.2) is 17.6 Å². The Labute approximate surface area is 207 Å². The minimum Gasteiger partial charge on any atom is -0.493 e. The number of nitrogens with zero attached hydrogens (tertiary/aromatic N) is 1. The molecule has 194 valence electrons. The van der Waals surface area contributed by atoms with Gasteiger partial charge in [0.1, 0.15) is 11.9 Å². The SMILES string of the molecule is COc1ccc2c3c1O[C@H]1C(OC(=O)CC(OC(=O)C(C)O)C(=O)O)=CC[C@@]4(O)[C@@H](C2)N(C)CC[C@]314. The van der Waals surface area contributed by atoms with E-state index in [9.17, 15) is 29.7 Å². The van der Waals surface area contributed by atoms with Gasteiger partial charge in [0.25, 0.3) is 0 Å². The van der Waals surface area contributed by atoms with E-state index in [4.69, 9.17) is 18.9 Å². The highest BCUT2D eigenvalue weighted by molar-refractivity contribution is 5.84. The van der Waals surface area contributed by atoms with E-state index in [-0.39, 0.29) is 18.2 Å². The number of hydrogen-bond acceptors (Lipinski definition) is 10. The van der Waals surface area contributed by atoms with E-state index in [2.05, 4.69) is 4.90 Å². The molecule has 0 amide bonds. The summed E-state index contributed by atoms with van der Waals surface area (Å²) < 4.78 is 22.3. The van der Waals surface area contributed by atoms with Gasteiger partial charge < -0.3 is 39.2 Å². The van der Waals surface area contributed by atoms with E-state index in [1.807, 2.05) is 19.2 Å². The Bertz CT molecular complexity index is 1160. The van der Waals surface area contributed by atoms with E-state index < -0.39 is 53.7 Å². The monoisotopic (exact) mass is 503 g/mol. The van der Waals surface area contributed by atoms with Gasteiger partial charge in [-0.1, -0.05) is 6.07 Å². The fourth-order valence-corrected chi connectivity index (χ4v) is 6.33. The van der Waals surface area contributed by atoms with Crippen LogP contribution in [0.2, 0.25) is 0 Å². The number of aliphatic carboxylic acids is 1. The summed E-state index contributed by atoms with van der Waals surface area (Å²) in [6.07, 6.45) is -1.95. The lowest BCUT2D eigenvalue weighted by atomic mass is 9.50. The smallest absolute Gasteiger partial charge is 0.345 e. The Morgan fingerprint density at radius 2 is 2.06 bits per heavy atom. The molecule has 2 aliphatic heterocycles. The van der Waals surface area contributed by atoms with Crippen molar-refractivity contribution >= 4 is 17.9 Å². The largest absolute Gasteiger partial charge is 0.493 e. The Morgan fingerprint density at radius 1 is 1.31 bits per heavy atom. The maximum atomic E-state index is 12.8. The van der Waals surface area contributed by atoms with Gasteiger partial charge in [0, 0.05) is 18.0 Å². The summed E-state index contributed by atoms with van der Waals surface area (Å²) in [7, 11) is 3.51. The van der Waals surface area contributed by atoms with Gasteiger partial charge >= 0.3 is 17.9 Å². The van der Waals surface area contributed by atoms with E-state index >= 15 is 0 Å². The zero-order valence-corrected chi connectivity index (χ0v) is 20.2. The fraction of sp³-hybridized carbons (Fsp3) is 0.560. The lowest BCUT2D eigenvalue weighted by molar-refractivity contribution is -0.175. The van der Waals surface area contributed by atoms with Gasteiger partial charge in [0.2, 0.25) is 6.10 Å². The average Bonchev–Trinajstić information content (AvgIpc) is 3.18. The number of aliphatic hydroxyl groups excluding tert-OH is 1. The van der Waals surface area contributed by atoms with Crippen LogP contribution in [0, 0.1) is 0 Å². The first kappa shape index (κ1) is 24.5. The molecule has 0 aromatic heterocycles. The zero-order chi connectivity index (χ0) is 26.0. The van der Waals surface area contributed by atoms with Crippen molar-refractivity contribution in [3.8, 4) is 11.5 Å². The summed E-state index contributed by atoms with van der Waals surface area (Å²) in [6.45, 7) is 1.82. The number of ether oxygens (including phenoxy) is 4. The molecule has 3 N–H and O–H groups in total. The summed E-state index contributed by atoms with van der Waals surface area (Å²) in [4.78, 5) is 38.1. The molecule has 1 aromatic rings. The molecule has 1 saturated heterocycles. The normalized spacial score (nSPS) is 31.3.